The van der Waals surface area contributed by atoms with Gasteiger partial charge in [-0.2, -0.15) is 0 Å². The molecule has 0 spiro atoms. The lowest BCUT2D eigenvalue weighted by Crippen LogP contribution is -2.00. The highest BCUT2D eigenvalue weighted by atomic mass is 16.5. The van der Waals surface area contributed by atoms with Crippen LogP contribution in [0.3, 0.4) is 0 Å². The van der Waals surface area contributed by atoms with Gasteiger partial charge in [0.2, 0.25) is 0 Å². The average molecular weight is 426 g/mol. The first kappa shape index (κ1) is 19.6. The molecule has 2 N–H and O–H groups in total. The number of ether oxygens (including phenoxy) is 1. The standard InChI is InChI=1S/C25H18N2O5/c28-24(29)15-6-8-23-20(11-15)19(18-4-2-1-3-17(18)13-32-23)9-10-27-14-26-21-12-16(25(30)31)5-7-22(21)27/h1-9,11-12,14H,10,13H2,(H,28,29)(H,30,31). The Labute approximate surface area is 182 Å². The van der Waals surface area contributed by atoms with Crippen molar-refractivity contribution >= 4 is 28.5 Å². The van der Waals surface area contributed by atoms with Gasteiger partial charge >= 0.3 is 11.9 Å². The van der Waals surface area contributed by atoms with Gasteiger partial charge in [-0.3, -0.25) is 0 Å². The minimum atomic E-state index is -1.00. The number of hydrogen-bond donors (Lipinski definition) is 2. The quantitative estimate of drug-likeness (QED) is 0.500. The maximum absolute atomic E-state index is 11.6. The summed E-state index contributed by atoms with van der Waals surface area (Å²) < 4.78 is 7.89. The minimum Gasteiger partial charge on any atom is -0.488 e. The Balaban J connectivity index is 1.62. The van der Waals surface area contributed by atoms with E-state index in [1.54, 1.807) is 36.7 Å². The number of fused-ring (bicyclic) bond motifs is 3. The summed E-state index contributed by atoms with van der Waals surface area (Å²) in [6.45, 7) is 0.849. The monoisotopic (exact) mass is 426 g/mol. The molecule has 0 atom stereocenters. The molecule has 0 bridgehead atoms. The minimum absolute atomic E-state index is 0.186. The van der Waals surface area contributed by atoms with E-state index in [0.717, 1.165) is 22.2 Å². The summed E-state index contributed by atoms with van der Waals surface area (Å²) >= 11 is 0. The summed E-state index contributed by atoms with van der Waals surface area (Å²) in [5.74, 6) is -1.37. The SMILES string of the molecule is O=C(O)c1ccc2c(c1)C(=CCn1cnc3cc(C(=O)O)ccc31)c1ccccc1CO2. The number of aromatic carboxylic acids is 2. The van der Waals surface area contributed by atoms with Crippen LogP contribution in [0.15, 0.2) is 73.1 Å². The van der Waals surface area contributed by atoms with E-state index in [1.807, 2.05) is 34.9 Å². The van der Waals surface area contributed by atoms with E-state index in [-0.39, 0.29) is 11.1 Å². The highest BCUT2D eigenvalue weighted by Gasteiger charge is 2.20. The van der Waals surface area contributed by atoms with Gasteiger partial charge in [0.1, 0.15) is 12.4 Å². The van der Waals surface area contributed by atoms with Crippen LogP contribution in [0.2, 0.25) is 0 Å². The number of aromatic nitrogens is 2. The van der Waals surface area contributed by atoms with E-state index in [4.69, 9.17) is 4.74 Å². The Bertz CT molecular complexity index is 1420. The van der Waals surface area contributed by atoms with Gasteiger partial charge in [-0.05, 0) is 53.1 Å². The normalized spacial score (nSPS) is 13.8. The number of allylic oxidation sites excluding steroid dienone is 1. The van der Waals surface area contributed by atoms with E-state index < -0.39 is 11.9 Å². The number of benzene rings is 3. The summed E-state index contributed by atoms with van der Waals surface area (Å²) in [7, 11) is 0. The number of nitrogens with zero attached hydrogens (tertiary/aromatic N) is 2. The molecule has 5 rings (SSSR count). The summed E-state index contributed by atoms with van der Waals surface area (Å²) in [4.78, 5) is 27.1. The molecule has 7 nitrogen and oxygen atoms in total. The first-order valence-electron chi connectivity index (χ1n) is 9.98. The molecule has 1 aliphatic heterocycles. The zero-order chi connectivity index (χ0) is 22.2. The van der Waals surface area contributed by atoms with Crippen molar-refractivity contribution in [2.45, 2.75) is 13.2 Å². The Hall–Kier alpha value is -4.39. The molecule has 7 heteroatoms. The first-order chi connectivity index (χ1) is 15.5. The summed E-state index contributed by atoms with van der Waals surface area (Å²) in [5, 5.41) is 18.7. The fourth-order valence-electron chi connectivity index (χ4n) is 3.96. The molecule has 0 fully saturated rings. The van der Waals surface area contributed by atoms with Crippen molar-refractivity contribution in [3.8, 4) is 5.75 Å². The third-order valence-electron chi connectivity index (χ3n) is 5.57. The zero-order valence-electron chi connectivity index (χ0n) is 16.9. The van der Waals surface area contributed by atoms with Crippen LogP contribution in [0, 0.1) is 0 Å². The van der Waals surface area contributed by atoms with Crippen molar-refractivity contribution in [3.05, 3.63) is 101 Å². The van der Waals surface area contributed by atoms with Crippen LogP contribution in [0.1, 0.15) is 37.4 Å². The van der Waals surface area contributed by atoms with E-state index in [1.165, 1.54) is 6.07 Å². The van der Waals surface area contributed by atoms with Crippen molar-refractivity contribution in [2.75, 3.05) is 0 Å². The Kier molecular flexibility index (Phi) is 4.71. The molecular weight excluding hydrogens is 408 g/mol. The second-order valence-corrected chi connectivity index (χ2v) is 7.49. The van der Waals surface area contributed by atoms with Crippen LogP contribution in [0.5, 0.6) is 5.75 Å². The molecular formula is C25H18N2O5. The highest BCUT2D eigenvalue weighted by Crippen LogP contribution is 2.37. The molecule has 158 valence electrons. The molecule has 1 aliphatic rings. The summed E-state index contributed by atoms with van der Waals surface area (Å²) in [6, 6.07) is 17.6. The molecule has 0 aliphatic carbocycles. The Morgan fingerprint density at radius 3 is 2.53 bits per heavy atom. The topological polar surface area (TPSA) is 102 Å². The zero-order valence-corrected chi connectivity index (χ0v) is 16.9. The van der Waals surface area contributed by atoms with E-state index in [0.29, 0.717) is 30.0 Å². The molecule has 0 amide bonds. The summed E-state index contributed by atoms with van der Waals surface area (Å²) in [5.41, 5.74) is 5.36. The fraction of sp³-hybridized carbons (Fsp3) is 0.0800. The lowest BCUT2D eigenvalue weighted by Gasteiger charge is -2.12. The van der Waals surface area contributed by atoms with Gasteiger partial charge in [-0.1, -0.05) is 30.3 Å². The molecule has 0 saturated heterocycles. The van der Waals surface area contributed by atoms with Gasteiger partial charge in [-0.15, -0.1) is 0 Å². The van der Waals surface area contributed by atoms with Gasteiger partial charge in [0.05, 0.1) is 28.5 Å². The third kappa shape index (κ3) is 3.39. The van der Waals surface area contributed by atoms with Gasteiger partial charge in [0, 0.05) is 12.1 Å². The molecule has 1 aromatic heterocycles. The van der Waals surface area contributed by atoms with Crippen LogP contribution in [-0.4, -0.2) is 31.7 Å². The van der Waals surface area contributed by atoms with Gasteiger partial charge < -0.3 is 19.5 Å². The number of carbonyl (C=O) groups is 2. The largest absolute Gasteiger partial charge is 0.488 e. The van der Waals surface area contributed by atoms with Crippen LogP contribution >= 0.6 is 0 Å². The molecule has 2 heterocycles. The molecule has 32 heavy (non-hydrogen) atoms. The fourth-order valence-corrected chi connectivity index (χ4v) is 3.96. The Morgan fingerprint density at radius 2 is 1.72 bits per heavy atom. The number of carboxylic acid groups (broad SMARTS) is 2. The van der Waals surface area contributed by atoms with Crippen molar-refractivity contribution in [2.24, 2.45) is 0 Å². The van der Waals surface area contributed by atoms with Gasteiger partial charge in [0.25, 0.3) is 0 Å². The second kappa shape index (κ2) is 7.70. The van der Waals surface area contributed by atoms with Crippen molar-refractivity contribution in [3.63, 3.8) is 0 Å². The van der Waals surface area contributed by atoms with E-state index in [9.17, 15) is 19.8 Å². The van der Waals surface area contributed by atoms with E-state index >= 15 is 0 Å². The number of imidazole rings is 1. The van der Waals surface area contributed by atoms with Crippen molar-refractivity contribution < 1.29 is 24.5 Å². The predicted octanol–water partition coefficient (Wildman–Crippen LogP) is 4.46. The predicted molar refractivity (Wildman–Crippen MR) is 118 cm³/mol. The number of rotatable bonds is 4. The smallest absolute Gasteiger partial charge is 0.335 e. The first-order valence-corrected chi connectivity index (χ1v) is 9.98. The molecule has 0 saturated carbocycles. The van der Waals surface area contributed by atoms with E-state index in [2.05, 4.69) is 4.98 Å². The van der Waals surface area contributed by atoms with Gasteiger partial charge in [-0.25, -0.2) is 14.6 Å². The Morgan fingerprint density at radius 1 is 0.969 bits per heavy atom. The maximum Gasteiger partial charge on any atom is 0.335 e. The molecule has 0 radical (unpaired) electrons. The number of carboxylic acids is 2. The molecule has 4 aromatic rings. The lowest BCUT2D eigenvalue weighted by molar-refractivity contribution is 0.0686. The van der Waals surface area contributed by atoms with Crippen LogP contribution in [-0.2, 0) is 13.2 Å². The molecule has 3 aromatic carbocycles. The second-order valence-electron chi connectivity index (χ2n) is 7.49. The van der Waals surface area contributed by atoms with Gasteiger partial charge in [0.15, 0.2) is 0 Å². The average Bonchev–Trinajstić information content (AvgIpc) is 3.13. The third-order valence-corrected chi connectivity index (χ3v) is 5.57. The summed E-state index contributed by atoms with van der Waals surface area (Å²) in [6.07, 6.45) is 3.69. The maximum atomic E-state index is 11.6. The van der Waals surface area contributed by atoms with Crippen LogP contribution < -0.4 is 4.74 Å². The van der Waals surface area contributed by atoms with Crippen LogP contribution in [0.4, 0.5) is 0 Å². The van der Waals surface area contributed by atoms with Crippen molar-refractivity contribution in [1.29, 1.82) is 0 Å². The highest BCUT2D eigenvalue weighted by molar-refractivity contribution is 5.93. The van der Waals surface area contributed by atoms with Crippen molar-refractivity contribution in [1.82, 2.24) is 9.55 Å². The molecule has 0 unspecified atom stereocenters. The number of hydrogen-bond acceptors (Lipinski definition) is 4. The van der Waals surface area contributed by atoms with Crippen LogP contribution in [0.25, 0.3) is 16.6 Å². The lowest BCUT2D eigenvalue weighted by atomic mass is 9.93.